The van der Waals surface area contributed by atoms with E-state index < -0.39 is 0 Å². The highest BCUT2D eigenvalue weighted by molar-refractivity contribution is 5.84. The molecule has 1 aromatic carbocycles. The third-order valence-corrected chi connectivity index (χ3v) is 5.27. The molecule has 2 nitrogen and oxygen atoms in total. The van der Waals surface area contributed by atoms with Crippen LogP contribution in [0.5, 0.6) is 0 Å². The van der Waals surface area contributed by atoms with Crippen molar-refractivity contribution in [1.82, 2.24) is 10.3 Å². The fourth-order valence-corrected chi connectivity index (χ4v) is 3.90. The summed E-state index contributed by atoms with van der Waals surface area (Å²) in [4.78, 5) is 3.28. The summed E-state index contributed by atoms with van der Waals surface area (Å²) in [6, 6.07) is 5.77. The zero-order chi connectivity index (χ0) is 14.2. The molecule has 0 spiro atoms. The van der Waals surface area contributed by atoms with Gasteiger partial charge in [-0.3, -0.25) is 0 Å². The first-order valence-electron chi connectivity index (χ1n) is 8.31. The summed E-state index contributed by atoms with van der Waals surface area (Å²) in [6.07, 6.45) is 10.2. The zero-order valence-corrected chi connectivity index (χ0v) is 12.4. The molecule has 112 valence electrons. The molecule has 21 heavy (non-hydrogen) atoms. The number of aromatic nitrogens is 1. The number of halogens is 1. The minimum Gasteiger partial charge on any atom is -0.361 e. The number of fused-ring (bicyclic) bond motifs is 1. The third-order valence-electron chi connectivity index (χ3n) is 5.27. The second kappa shape index (κ2) is 5.45. The third kappa shape index (κ3) is 2.71. The van der Waals surface area contributed by atoms with Gasteiger partial charge in [0.1, 0.15) is 5.82 Å². The summed E-state index contributed by atoms with van der Waals surface area (Å²) >= 11 is 0. The Kier molecular flexibility index (Phi) is 3.46. The first-order chi connectivity index (χ1) is 10.3. The summed E-state index contributed by atoms with van der Waals surface area (Å²) in [6.45, 7) is 1.12. The normalized spacial score (nSPS) is 26.3. The van der Waals surface area contributed by atoms with Gasteiger partial charge in [0.05, 0.1) is 0 Å². The van der Waals surface area contributed by atoms with Gasteiger partial charge < -0.3 is 10.3 Å². The van der Waals surface area contributed by atoms with Crippen molar-refractivity contribution >= 4 is 10.9 Å². The van der Waals surface area contributed by atoms with Crippen molar-refractivity contribution in [2.24, 2.45) is 5.92 Å². The summed E-state index contributed by atoms with van der Waals surface area (Å²) in [5, 5.41) is 4.82. The van der Waals surface area contributed by atoms with Crippen molar-refractivity contribution in [3.05, 3.63) is 35.8 Å². The van der Waals surface area contributed by atoms with Crippen molar-refractivity contribution in [2.45, 2.75) is 50.5 Å². The number of hydrogen-bond acceptors (Lipinski definition) is 1. The number of hydrogen-bond donors (Lipinski definition) is 2. The van der Waals surface area contributed by atoms with Crippen LogP contribution in [-0.2, 0) is 0 Å². The topological polar surface area (TPSA) is 27.8 Å². The molecule has 2 saturated carbocycles. The molecule has 1 heterocycles. The predicted molar refractivity (Wildman–Crippen MR) is 84.0 cm³/mol. The van der Waals surface area contributed by atoms with Crippen molar-refractivity contribution < 1.29 is 4.39 Å². The van der Waals surface area contributed by atoms with Crippen molar-refractivity contribution in [1.29, 1.82) is 0 Å². The molecule has 2 unspecified atom stereocenters. The maximum Gasteiger partial charge on any atom is 0.123 e. The summed E-state index contributed by atoms with van der Waals surface area (Å²) in [7, 11) is 0. The van der Waals surface area contributed by atoms with Crippen LogP contribution in [-0.4, -0.2) is 17.6 Å². The van der Waals surface area contributed by atoms with E-state index in [-0.39, 0.29) is 5.82 Å². The molecular weight excluding hydrogens is 263 g/mol. The van der Waals surface area contributed by atoms with Crippen molar-refractivity contribution in [3.63, 3.8) is 0 Å². The largest absolute Gasteiger partial charge is 0.361 e. The number of benzene rings is 1. The van der Waals surface area contributed by atoms with Gasteiger partial charge in [0.25, 0.3) is 0 Å². The second-order valence-corrected chi connectivity index (χ2v) is 6.78. The minimum atomic E-state index is -0.138. The molecule has 0 aliphatic heterocycles. The van der Waals surface area contributed by atoms with E-state index in [1.54, 1.807) is 6.07 Å². The first kappa shape index (κ1) is 13.3. The van der Waals surface area contributed by atoms with Crippen LogP contribution in [0.15, 0.2) is 24.4 Å². The first-order valence-corrected chi connectivity index (χ1v) is 8.31. The van der Waals surface area contributed by atoms with Crippen molar-refractivity contribution in [2.75, 3.05) is 6.54 Å². The van der Waals surface area contributed by atoms with Gasteiger partial charge in [-0.2, -0.15) is 0 Å². The highest BCUT2D eigenvalue weighted by Crippen LogP contribution is 2.49. The molecule has 2 aromatic rings. The molecule has 2 N–H and O–H groups in total. The predicted octanol–water partition coefficient (Wildman–Crippen LogP) is 4.33. The average molecular weight is 286 g/mol. The standard InChI is InChI=1S/C18H23FN2/c19-13-6-7-18-16(9-13)17(11-21-18)15-8-12(15)10-20-14-4-2-1-3-5-14/h6-7,9,11-12,14-15,20-21H,1-5,8,10H2. The molecule has 3 heteroatoms. The molecule has 0 bridgehead atoms. The van der Waals surface area contributed by atoms with Crippen LogP contribution in [0.3, 0.4) is 0 Å². The Bertz CT molecular complexity index is 627. The maximum atomic E-state index is 13.4. The van der Waals surface area contributed by atoms with Gasteiger partial charge in [0.15, 0.2) is 0 Å². The van der Waals surface area contributed by atoms with Gasteiger partial charge >= 0.3 is 0 Å². The molecule has 2 fully saturated rings. The number of H-pyrrole nitrogens is 1. The van der Waals surface area contributed by atoms with E-state index in [4.69, 9.17) is 0 Å². The Morgan fingerprint density at radius 3 is 2.90 bits per heavy atom. The fourth-order valence-electron chi connectivity index (χ4n) is 3.90. The molecule has 0 radical (unpaired) electrons. The van der Waals surface area contributed by atoms with Crippen molar-refractivity contribution in [3.8, 4) is 0 Å². The van der Waals surface area contributed by atoms with Gasteiger partial charge in [-0.1, -0.05) is 19.3 Å². The van der Waals surface area contributed by atoms with Crippen LogP contribution >= 0.6 is 0 Å². The number of nitrogens with one attached hydrogen (secondary N) is 2. The Morgan fingerprint density at radius 1 is 1.19 bits per heavy atom. The van der Waals surface area contributed by atoms with E-state index in [1.165, 1.54) is 50.2 Å². The lowest BCUT2D eigenvalue weighted by Gasteiger charge is -2.22. The van der Waals surface area contributed by atoms with Crippen LogP contribution in [0.25, 0.3) is 10.9 Å². The maximum absolute atomic E-state index is 13.4. The summed E-state index contributed by atoms with van der Waals surface area (Å²) in [5.74, 6) is 1.20. The highest BCUT2D eigenvalue weighted by atomic mass is 19.1. The lowest BCUT2D eigenvalue weighted by atomic mass is 9.95. The fraction of sp³-hybridized carbons (Fsp3) is 0.556. The monoisotopic (exact) mass is 286 g/mol. The van der Waals surface area contributed by atoms with E-state index >= 15 is 0 Å². The van der Waals surface area contributed by atoms with E-state index in [0.717, 1.165) is 29.4 Å². The van der Waals surface area contributed by atoms with Gasteiger partial charge in [-0.05, 0) is 61.4 Å². The molecule has 0 saturated heterocycles. The van der Waals surface area contributed by atoms with Gasteiger partial charge in [-0.15, -0.1) is 0 Å². The Labute approximate surface area is 125 Å². The Balaban J connectivity index is 1.40. The second-order valence-electron chi connectivity index (χ2n) is 6.78. The average Bonchev–Trinajstić information content (AvgIpc) is 3.17. The highest BCUT2D eigenvalue weighted by Gasteiger charge is 2.39. The zero-order valence-electron chi connectivity index (χ0n) is 12.4. The molecule has 2 aliphatic carbocycles. The molecule has 2 aliphatic rings. The Hall–Kier alpha value is -1.35. The van der Waals surface area contributed by atoms with Crippen LogP contribution in [0.1, 0.15) is 50.0 Å². The molecule has 1 aromatic heterocycles. The number of aromatic amines is 1. The van der Waals surface area contributed by atoms with Gasteiger partial charge in [0, 0.05) is 23.1 Å². The summed E-state index contributed by atoms with van der Waals surface area (Å²) in [5.41, 5.74) is 2.36. The summed E-state index contributed by atoms with van der Waals surface area (Å²) < 4.78 is 13.4. The smallest absolute Gasteiger partial charge is 0.123 e. The van der Waals surface area contributed by atoms with Crippen LogP contribution in [0.2, 0.25) is 0 Å². The van der Waals surface area contributed by atoms with E-state index in [9.17, 15) is 4.39 Å². The van der Waals surface area contributed by atoms with Gasteiger partial charge in [-0.25, -0.2) is 4.39 Å². The Morgan fingerprint density at radius 2 is 2.05 bits per heavy atom. The quantitative estimate of drug-likeness (QED) is 0.860. The number of rotatable bonds is 4. The van der Waals surface area contributed by atoms with E-state index in [0.29, 0.717) is 5.92 Å². The van der Waals surface area contributed by atoms with Crippen LogP contribution in [0, 0.1) is 11.7 Å². The lowest BCUT2D eigenvalue weighted by molar-refractivity contribution is 0.368. The molecular formula is C18H23FN2. The van der Waals surface area contributed by atoms with E-state index in [1.807, 2.05) is 6.07 Å². The molecule has 0 amide bonds. The molecule has 4 rings (SSSR count). The SMILES string of the molecule is Fc1ccc2[nH]cc(C3CC3CNC3CCCCC3)c2c1. The minimum absolute atomic E-state index is 0.138. The van der Waals surface area contributed by atoms with E-state index in [2.05, 4.69) is 16.5 Å². The van der Waals surface area contributed by atoms with Crippen LogP contribution in [0.4, 0.5) is 4.39 Å². The van der Waals surface area contributed by atoms with Gasteiger partial charge in [0.2, 0.25) is 0 Å². The molecule has 2 atom stereocenters. The van der Waals surface area contributed by atoms with Crippen LogP contribution < -0.4 is 5.32 Å². The lowest BCUT2D eigenvalue weighted by Crippen LogP contribution is -2.32.